The minimum absolute atomic E-state index is 0.203. The summed E-state index contributed by atoms with van der Waals surface area (Å²) in [5.74, 6) is 0.446. The topological polar surface area (TPSA) is 41.9 Å². The third-order valence-corrected chi connectivity index (χ3v) is 3.90. The number of esters is 1. The Labute approximate surface area is 128 Å². The molecule has 0 radical (unpaired) electrons. The highest BCUT2D eigenvalue weighted by atomic mass is 35.5. The van der Waals surface area contributed by atoms with Crippen molar-refractivity contribution in [3.05, 3.63) is 58.8 Å². The number of rotatable bonds is 2. The molecule has 108 valence electrons. The van der Waals surface area contributed by atoms with Gasteiger partial charge in [0.15, 0.2) is 6.04 Å². The molecule has 4 nitrogen and oxygen atoms in total. The molecule has 0 spiro atoms. The van der Waals surface area contributed by atoms with Crippen LogP contribution in [-0.4, -0.2) is 29.9 Å². The number of nitrogens with zero attached hydrogens (tertiary/aromatic N) is 2. The molecule has 3 rings (SSSR count). The molecule has 0 N–H and O–H groups in total. The van der Waals surface area contributed by atoms with E-state index in [0.717, 1.165) is 17.0 Å². The van der Waals surface area contributed by atoms with E-state index in [9.17, 15) is 4.79 Å². The van der Waals surface area contributed by atoms with Crippen molar-refractivity contribution in [2.75, 3.05) is 7.11 Å². The van der Waals surface area contributed by atoms with Gasteiger partial charge in [0.1, 0.15) is 5.84 Å². The number of hydrogen-bond donors (Lipinski definition) is 0. The molecule has 0 saturated heterocycles. The molecule has 1 aromatic rings. The monoisotopic (exact) mass is 302 g/mol. The normalized spacial score (nSPS) is 23.5. The van der Waals surface area contributed by atoms with Crippen LogP contribution in [0.3, 0.4) is 0 Å². The van der Waals surface area contributed by atoms with Gasteiger partial charge in [-0.15, -0.1) is 0 Å². The van der Waals surface area contributed by atoms with E-state index in [1.807, 2.05) is 54.4 Å². The van der Waals surface area contributed by atoms with E-state index < -0.39 is 6.04 Å². The van der Waals surface area contributed by atoms with Crippen molar-refractivity contribution in [1.29, 1.82) is 0 Å². The fourth-order valence-corrected chi connectivity index (χ4v) is 2.74. The molecule has 0 aromatic heterocycles. The zero-order chi connectivity index (χ0) is 15.0. The average molecular weight is 303 g/mol. The standard InChI is InChI=1S/C16H15ClN2O2/c1-10-7-8-19-13(9-10)18-14(16(20)21-2)15(19)11-3-5-12(17)6-4-11/h3-9,14-15H,1-2H3/t14-,15+/m1/s1. The summed E-state index contributed by atoms with van der Waals surface area (Å²) in [4.78, 5) is 18.6. The third kappa shape index (κ3) is 2.47. The Morgan fingerprint density at radius 3 is 2.71 bits per heavy atom. The first-order valence-electron chi connectivity index (χ1n) is 6.66. The Balaban J connectivity index is 2.02. The lowest BCUT2D eigenvalue weighted by molar-refractivity contribution is -0.142. The zero-order valence-corrected chi connectivity index (χ0v) is 12.5. The molecule has 2 aliphatic rings. The zero-order valence-electron chi connectivity index (χ0n) is 11.8. The molecule has 0 aliphatic carbocycles. The fourth-order valence-electron chi connectivity index (χ4n) is 2.61. The number of halogens is 1. The summed E-state index contributed by atoms with van der Waals surface area (Å²) in [5, 5.41) is 0.664. The number of carbonyl (C=O) groups excluding carboxylic acids is 1. The van der Waals surface area contributed by atoms with Gasteiger partial charge in [-0.2, -0.15) is 0 Å². The molecular weight excluding hydrogens is 288 g/mol. The maximum absolute atomic E-state index is 12.1. The van der Waals surface area contributed by atoms with E-state index in [0.29, 0.717) is 5.02 Å². The quantitative estimate of drug-likeness (QED) is 0.788. The second-order valence-corrected chi connectivity index (χ2v) is 5.50. The highest BCUT2D eigenvalue weighted by molar-refractivity contribution is 6.30. The second kappa shape index (κ2) is 5.37. The summed E-state index contributed by atoms with van der Waals surface area (Å²) in [5.41, 5.74) is 2.08. The molecular formula is C16H15ClN2O2. The first-order chi connectivity index (χ1) is 10.1. The minimum Gasteiger partial charge on any atom is -0.467 e. The molecule has 21 heavy (non-hydrogen) atoms. The lowest BCUT2D eigenvalue weighted by Gasteiger charge is -2.28. The maximum Gasteiger partial charge on any atom is 0.333 e. The van der Waals surface area contributed by atoms with E-state index >= 15 is 0 Å². The van der Waals surface area contributed by atoms with Crippen LogP contribution in [0.4, 0.5) is 0 Å². The number of hydrogen-bond acceptors (Lipinski definition) is 4. The van der Waals surface area contributed by atoms with E-state index in [-0.39, 0.29) is 12.0 Å². The number of allylic oxidation sites excluding steroid dienone is 2. The summed E-state index contributed by atoms with van der Waals surface area (Å²) in [7, 11) is 1.38. The van der Waals surface area contributed by atoms with Gasteiger partial charge in [-0.3, -0.25) is 4.99 Å². The molecule has 0 saturated carbocycles. The van der Waals surface area contributed by atoms with Crippen LogP contribution < -0.4 is 0 Å². The van der Waals surface area contributed by atoms with Crippen LogP contribution in [-0.2, 0) is 9.53 Å². The molecule has 2 aliphatic heterocycles. The number of methoxy groups -OCH3 is 1. The SMILES string of the molecule is COC(=O)[C@@H]1N=C2C=C(C)C=CN2[C@H]1c1ccc(Cl)cc1. The lowest BCUT2D eigenvalue weighted by Crippen LogP contribution is -2.33. The number of amidine groups is 1. The molecule has 2 atom stereocenters. The number of aliphatic imine (C=N–C) groups is 1. The molecule has 0 fully saturated rings. The Kier molecular flexibility index (Phi) is 3.55. The van der Waals surface area contributed by atoms with Crippen LogP contribution in [0.15, 0.2) is 53.2 Å². The van der Waals surface area contributed by atoms with E-state index in [4.69, 9.17) is 16.3 Å². The Morgan fingerprint density at radius 2 is 2.05 bits per heavy atom. The smallest absolute Gasteiger partial charge is 0.333 e. The van der Waals surface area contributed by atoms with Gasteiger partial charge in [-0.25, -0.2) is 4.79 Å². The van der Waals surface area contributed by atoms with Crippen molar-refractivity contribution in [1.82, 2.24) is 4.90 Å². The van der Waals surface area contributed by atoms with Gasteiger partial charge in [0.25, 0.3) is 0 Å². The van der Waals surface area contributed by atoms with Crippen molar-refractivity contribution in [2.45, 2.75) is 19.0 Å². The predicted molar refractivity (Wildman–Crippen MR) is 82.2 cm³/mol. The number of benzene rings is 1. The van der Waals surface area contributed by atoms with Crippen LogP contribution >= 0.6 is 11.6 Å². The van der Waals surface area contributed by atoms with Gasteiger partial charge in [-0.05, 0) is 42.3 Å². The largest absolute Gasteiger partial charge is 0.467 e. The Morgan fingerprint density at radius 1 is 1.33 bits per heavy atom. The van der Waals surface area contributed by atoms with Crippen molar-refractivity contribution in [3.8, 4) is 0 Å². The summed E-state index contributed by atoms with van der Waals surface area (Å²) in [6.45, 7) is 2.00. The molecule has 2 heterocycles. The number of carbonyl (C=O) groups is 1. The molecule has 0 amide bonds. The van der Waals surface area contributed by atoms with E-state index in [1.165, 1.54) is 7.11 Å². The second-order valence-electron chi connectivity index (χ2n) is 5.06. The maximum atomic E-state index is 12.1. The van der Waals surface area contributed by atoms with Gasteiger partial charge < -0.3 is 9.64 Å². The summed E-state index contributed by atoms with van der Waals surface area (Å²) in [6.07, 6.45) is 5.92. The van der Waals surface area contributed by atoms with Gasteiger partial charge in [0.05, 0.1) is 13.2 Å². The van der Waals surface area contributed by atoms with Gasteiger partial charge in [0.2, 0.25) is 0 Å². The van der Waals surface area contributed by atoms with Gasteiger partial charge in [0, 0.05) is 11.2 Å². The molecule has 1 aromatic carbocycles. The van der Waals surface area contributed by atoms with Gasteiger partial charge >= 0.3 is 5.97 Å². The third-order valence-electron chi connectivity index (χ3n) is 3.64. The lowest BCUT2D eigenvalue weighted by atomic mass is 9.99. The molecule has 5 heteroatoms. The Bertz CT molecular complexity index is 661. The van der Waals surface area contributed by atoms with E-state index in [1.54, 1.807) is 0 Å². The van der Waals surface area contributed by atoms with Crippen molar-refractivity contribution in [2.24, 2.45) is 4.99 Å². The van der Waals surface area contributed by atoms with Crippen molar-refractivity contribution in [3.63, 3.8) is 0 Å². The first kappa shape index (κ1) is 13.9. The average Bonchev–Trinajstić information content (AvgIpc) is 2.85. The van der Waals surface area contributed by atoms with Crippen LogP contribution in [0.1, 0.15) is 18.5 Å². The summed E-state index contributed by atoms with van der Waals surface area (Å²) >= 11 is 5.94. The van der Waals surface area contributed by atoms with E-state index in [2.05, 4.69) is 4.99 Å². The highest BCUT2D eigenvalue weighted by Gasteiger charge is 2.41. The van der Waals surface area contributed by atoms with Crippen molar-refractivity contribution < 1.29 is 9.53 Å². The minimum atomic E-state index is -0.571. The fraction of sp³-hybridized carbons (Fsp3) is 0.250. The highest BCUT2D eigenvalue weighted by Crippen LogP contribution is 2.35. The van der Waals surface area contributed by atoms with Crippen LogP contribution in [0.25, 0.3) is 0 Å². The number of ether oxygens (including phenoxy) is 1. The number of fused-ring (bicyclic) bond motifs is 1. The van der Waals surface area contributed by atoms with Gasteiger partial charge in [-0.1, -0.05) is 23.7 Å². The summed E-state index contributed by atoms with van der Waals surface area (Å²) in [6, 6.07) is 6.69. The Hall–Kier alpha value is -2.07. The summed E-state index contributed by atoms with van der Waals surface area (Å²) < 4.78 is 4.90. The first-order valence-corrected chi connectivity index (χ1v) is 7.04. The van der Waals surface area contributed by atoms with Crippen LogP contribution in [0.5, 0.6) is 0 Å². The molecule has 0 bridgehead atoms. The molecule has 0 unspecified atom stereocenters. The van der Waals surface area contributed by atoms with Crippen LogP contribution in [0, 0.1) is 0 Å². The van der Waals surface area contributed by atoms with Crippen molar-refractivity contribution >= 4 is 23.4 Å². The predicted octanol–water partition coefficient (Wildman–Crippen LogP) is 3.11. The van der Waals surface area contributed by atoms with Crippen LogP contribution in [0.2, 0.25) is 5.02 Å².